The Morgan fingerprint density at radius 1 is 0.778 bits per heavy atom. The van der Waals surface area contributed by atoms with Crippen molar-refractivity contribution < 1.29 is 0 Å². The highest BCUT2D eigenvalue weighted by molar-refractivity contribution is 5.19. The monoisotopic (exact) mass is 361 g/mol. The third-order valence-electron chi connectivity index (χ3n) is 4.89. The topological polar surface area (TPSA) is 3.24 Å². The minimum Gasteiger partial charge on any atom is -0.281 e. The zero-order chi connectivity index (χ0) is 19.3. The molecule has 0 saturated heterocycles. The summed E-state index contributed by atoms with van der Waals surface area (Å²) in [5.41, 5.74) is 2.70. The average molecular weight is 362 g/mol. The van der Waals surface area contributed by atoms with Gasteiger partial charge in [0.25, 0.3) is 0 Å². The molecule has 0 aliphatic carbocycles. The van der Waals surface area contributed by atoms with E-state index < -0.39 is 0 Å². The molecule has 2 aromatic carbocycles. The second-order valence-corrected chi connectivity index (χ2v) is 7.70. The first kappa shape index (κ1) is 21.3. The predicted molar refractivity (Wildman–Crippen MR) is 117 cm³/mol. The van der Waals surface area contributed by atoms with E-state index in [1.54, 1.807) is 0 Å². The number of rotatable bonds is 10. The molecule has 0 aliphatic heterocycles. The maximum atomic E-state index is 3.61. The van der Waals surface area contributed by atoms with Gasteiger partial charge in [0.1, 0.15) is 0 Å². The van der Waals surface area contributed by atoms with E-state index in [-0.39, 0.29) is 6.04 Å². The van der Waals surface area contributed by atoms with Gasteiger partial charge in [-0.2, -0.15) is 0 Å². The summed E-state index contributed by atoms with van der Waals surface area (Å²) in [5.74, 6) is 7.60. The highest BCUT2D eigenvalue weighted by Gasteiger charge is 2.20. The summed E-state index contributed by atoms with van der Waals surface area (Å²) < 4.78 is 0. The van der Waals surface area contributed by atoms with Gasteiger partial charge in [-0.15, -0.1) is 5.92 Å². The number of unbranched alkanes of at least 4 members (excludes halogenated alkanes) is 4. The first-order valence-corrected chi connectivity index (χ1v) is 10.5. The molecule has 0 saturated carbocycles. The van der Waals surface area contributed by atoms with Crippen LogP contribution in [-0.2, 0) is 13.1 Å². The molecular weight excluding hydrogens is 326 g/mol. The van der Waals surface area contributed by atoms with Gasteiger partial charge >= 0.3 is 0 Å². The van der Waals surface area contributed by atoms with Crippen molar-refractivity contribution in [3.8, 4) is 11.8 Å². The van der Waals surface area contributed by atoms with Crippen LogP contribution in [0.2, 0.25) is 0 Å². The number of benzene rings is 2. The number of nitrogens with zero attached hydrogens (tertiary/aromatic N) is 1. The van der Waals surface area contributed by atoms with E-state index in [1.165, 1.54) is 36.8 Å². The molecule has 2 rings (SSSR count). The maximum absolute atomic E-state index is 3.61. The van der Waals surface area contributed by atoms with Crippen molar-refractivity contribution in [2.75, 3.05) is 0 Å². The Balaban J connectivity index is 2.12. The van der Waals surface area contributed by atoms with Crippen molar-refractivity contribution in [3.63, 3.8) is 0 Å². The quantitative estimate of drug-likeness (QED) is 0.337. The van der Waals surface area contributed by atoms with E-state index >= 15 is 0 Å². The van der Waals surface area contributed by atoms with E-state index in [0.29, 0.717) is 5.92 Å². The van der Waals surface area contributed by atoms with Crippen molar-refractivity contribution in [2.45, 2.75) is 72.0 Å². The highest BCUT2D eigenvalue weighted by atomic mass is 15.2. The SMILES string of the molecule is CCCCCCC#CC(C(C)C)N(Cc1ccccc1)Cc1ccccc1. The lowest BCUT2D eigenvalue weighted by atomic mass is 10.0. The molecule has 144 valence electrons. The lowest BCUT2D eigenvalue weighted by Gasteiger charge is -2.31. The van der Waals surface area contributed by atoms with E-state index in [9.17, 15) is 0 Å². The van der Waals surface area contributed by atoms with Gasteiger partial charge in [0.15, 0.2) is 0 Å². The van der Waals surface area contributed by atoms with Gasteiger partial charge in [-0.1, -0.05) is 107 Å². The minimum absolute atomic E-state index is 0.275. The first-order valence-electron chi connectivity index (χ1n) is 10.5. The normalized spacial score (nSPS) is 12.0. The molecular formula is C26H35N. The fourth-order valence-electron chi connectivity index (χ4n) is 3.38. The highest BCUT2D eigenvalue weighted by Crippen LogP contribution is 2.18. The standard InChI is InChI=1S/C26H35N/c1-4-5-6-7-8-15-20-26(23(2)3)27(21-24-16-11-9-12-17-24)22-25-18-13-10-14-19-25/h9-14,16-19,23,26H,4-8,21-22H2,1-3H3. The van der Waals surface area contributed by atoms with E-state index in [1.807, 2.05) is 0 Å². The third kappa shape index (κ3) is 8.02. The molecule has 0 heterocycles. The number of hydrogen-bond donors (Lipinski definition) is 0. The Kier molecular flexibility index (Phi) is 9.74. The van der Waals surface area contributed by atoms with Crippen molar-refractivity contribution in [2.24, 2.45) is 5.92 Å². The van der Waals surface area contributed by atoms with Crippen LogP contribution in [0.1, 0.15) is 64.0 Å². The molecule has 1 heteroatoms. The van der Waals surface area contributed by atoms with Crippen LogP contribution in [0.25, 0.3) is 0 Å². The van der Waals surface area contributed by atoms with E-state index in [4.69, 9.17) is 0 Å². The Bertz CT molecular complexity index is 637. The lowest BCUT2D eigenvalue weighted by molar-refractivity contribution is 0.179. The van der Waals surface area contributed by atoms with Crippen molar-refractivity contribution in [3.05, 3.63) is 71.8 Å². The van der Waals surface area contributed by atoms with Crippen molar-refractivity contribution in [1.29, 1.82) is 0 Å². The van der Waals surface area contributed by atoms with E-state index in [2.05, 4.69) is 98.2 Å². The maximum Gasteiger partial charge on any atom is 0.0743 e. The molecule has 0 fully saturated rings. The molecule has 1 atom stereocenters. The minimum atomic E-state index is 0.275. The molecule has 2 aromatic rings. The van der Waals surface area contributed by atoms with Crippen LogP contribution in [0.5, 0.6) is 0 Å². The fraction of sp³-hybridized carbons (Fsp3) is 0.462. The van der Waals surface area contributed by atoms with Gasteiger partial charge < -0.3 is 0 Å². The summed E-state index contributed by atoms with van der Waals surface area (Å²) in [5, 5.41) is 0. The van der Waals surface area contributed by atoms with Crippen molar-refractivity contribution >= 4 is 0 Å². The van der Waals surface area contributed by atoms with Crippen LogP contribution in [0.3, 0.4) is 0 Å². The molecule has 0 amide bonds. The fourth-order valence-corrected chi connectivity index (χ4v) is 3.38. The predicted octanol–water partition coefficient (Wildman–Crippen LogP) is 6.69. The molecule has 0 bridgehead atoms. The van der Waals surface area contributed by atoms with Gasteiger partial charge in [-0.3, -0.25) is 4.90 Å². The average Bonchev–Trinajstić information content (AvgIpc) is 2.68. The Labute approximate surface area is 166 Å². The summed E-state index contributed by atoms with van der Waals surface area (Å²) >= 11 is 0. The van der Waals surface area contributed by atoms with Crippen LogP contribution in [0.4, 0.5) is 0 Å². The van der Waals surface area contributed by atoms with E-state index in [0.717, 1.165) is 19.5 Å². The van der Waals surface area contributed by atoms with Crippen LogP contribution >= 0.6 is 0 Å². The van der Waals surface area contributed by atoms with Gasteiger partial charge in [-0.05, 0) is 23.5 Å². The second-order valence-electron chi connectivity index (χ2n) is 7.70. The third-order valence-corrected chi connectivity index (χ3v) is 4.89. The lowest BCUT2D eigenvalue weighted by Crippen LogP contribution is -2.37. The molecule has 1 unspecified atom stereocenters. The summed E-state index contributed by atoms with van der Waals surface area (Å²) in [7, 11) is 0. The molecule has 0 radical (unpaired) electrons. The molecule has 0 N–H and O–H groups in total. The summed E-state index contributed by atoms with van der Waals surface area (Å²) in [6.45, 7) is 8.70. The van der Waals surface area contributed by atoms with Crippen molar-refractivity contribution in [1.82, 2.24) is 4.90 Å². The van der Waals surface area contributed by atoms with Gasteiger partial charge in [-0.25, -0.2) is 0 Å². The summed E-state index contributed by atoms with van der Waals surface area (Å²) in [4.78, 5) is 2.54. The molecule has 0 aliphatic rings. The zero-order valence-corrected chi connectivity index (χ0v) is 17.3. The van der Waals surface area contributed by atoms with Crippen LogP contribution in [0.15, 0.2) is 60.7 Å². The van der Waals surface area contributed by atoms with Gasteiger partial charge in [0.05, 0.1) is 6.04 Å². The smallest absolute Gasteiger partial charge is 0.0743 e. The Morgan fingerprint density at radius 2 is 1.33 bits per heavy atom. The molecule has 1 nitrogen and oxygen atoms in total. The molecule has 27 heavy (non-hydrogen) atoms. The molecule has 0 aromatic heterocycles. The zero-order valence-electron chi connectivity index (χ0n) is 17.3. The Hall–Kier alpha value is -2.04. The van der Waals surface area contributed by atoms with Gasteiger partial charge in [0.2, 0.25) is 0 Å². The summed E-state index contributed by atoms with van der Waals surface area (Å²) in [6, 6.07) is 21.8. The molecule has 0 spiro atoms. The number of hydrogen-bond acceptors (Lipinski definition) is 1. The largest absolute Gasteiger partial charge is 0.281 e. The van der Waals surface area contributed by atoms with Crippen LogP contribution < -0.4 is 0 Å². The van der Waals surface area contributed by atoms with Gasteiger partial charge in [0, 0.05) is 19.5 Å². The Morgan fingerprint density at radius 3 is 1.81 bits per heavy atom. The van der Waals surface area contributed by atoms with Crippen LogP contribution in [0, 0.1) is 17.8 Å². The van der Waals surface area contributed by atoms with Crippen LogP contribution in [-0.4, -0.2) is 10.9 Å². The summed E-state index contributed by atoms with van der Waals surface area (Å²) in [6.07, 6.45) is 6.15. The second kappa shape index (κ2) is 12.4. The first-order chi connectivity index (χ1) is 13.2.